The summed E-state index contributed by atoms with van der Waals surface area (Å²) in [5, 5.41) is 7.43. The summed E-state index contributed by atoms with van der Waals surface area (Å²) in [4.78, 5) is 26.9. The van der Waals surface area contributed by atoms with E-state index >= 15 is 0 Å². The van der Waals surface area contributed by atoms with Crippen molar-refractivity contribution in [3.05, 3.63) is 64.4 Å². The van der Waals surface area contributed by atoms with E-state index in [1.807, 2.05) is 37.3 Å². The van der Waals surface area contributed by atoms with Crippen molar-refractivity contribution in [3.8, 4) is 11.3 Å². The summed E-state index contributed by atoms with van der Waals surface area (Å²) in [6, 6.07) is 12.7. The minimum absolute atomic E-state index is 0.104. The first-order valence-electron chi connectivity index (χ1n) is 9.39. The van der Waals surface area contributed by atoms with Gasteiger partial charge in [0.2, 0.25) is 5.91 Å². The molecule has 0 spiro atoms. The Hall–Kier alpha value is -3.12. The van der Waals surface area contributed by atoms with Crippen LogP contribution in [0.2, 0.25) is 5.02 Å². The van der Waals surface area contributed by atoms with Crippen LogP contribution < -0.4 is 10.2 Å². The zero-order valence-corrected chi connectivity index (χ0v) is 16.9. The molecule has 1 aliphatic heterocycles. The number of nitrogens with zero attached hydrogens (tertiary/aromatic N) is 2. The fourth-order valence-corrected chi connectivity index (χ4v) is 3.78. The molecule has 1 saturated heterocycles. The Morgan fingerprint density at radius 3 is 2.72 bits per heavy atom. The standard InChI is InChI=1S/C22H20ClN3O3/c1-13-9-10-15(12-18(13)26-11-5-8-19(26)27)24-22(28)20-14(2)29-25-21(20)16-6-3-4-7-17(16)23/h3-4,6-7,9-10,12H,5,8,11H2,1-2H3,(H,24,28). The van der Waals surface area contributed by atoms with Gasteiger partial charge >= 0.3 is 0 Å². The summed E-state index contributed by atoms with van der Waals surface area (Å²) in [5.41, 5.74) is 3.75. The van der Waals surface area contributed by atoms with Crippen molar-refractivity contribution in [2.24, 2.45) is 0 Å². The molecule has 2 amide bonds. The van der Waals surface area contributed by atoms with Gasteiger partial charge in [-0.3, -0.25) is 9.59 Å². The highest BCUT2D eigenvalue weighted by Gasteiger charge is 2.25. The molecule has 2 aromatic carbocycles. The normalized spacial score (nSPS) is 13.8. The van der Waals surface area contributed by atoms with Gasteiger partial charge < -0.3 is 14.7 Å². The number of carbonyl (C=O) groups excluding carboxylic acids is 2. The Kier molecular flexibility index (Phi) is 5.11. The van der Waals surface area contributed by atoms with Crippen LogP contribution in [0.4, 0.5) is 11.4 Å². The molecule has 7 heteroatoms. The fourth-order valence-electron chi connectivity index (χ4n) is 3.55. The van der Waals surface area contributed by atoms with Crippen LogP contribution in [-0.2, 0) is 4.79 Å². The smallest absolute Gasteiger partial charge is 0.261 e. The van der Waals surface area contributed by atoms with Crippen molar-refractivity contribution in [1.82, 2.24) is 5.16 Å². The SMILES string of the molecule is Cc1ccc(NC(=O)c2c(-c3ccccc3Cl)noc2C)cc1N1CCCC1=O. The van der Waals surface area contributed by atoms with E-state index in [4.69, 9.17) is 16.1 Å². The lowest BCUT2D eigenvalue weighted by Gasteiger charge is -2.19. The summed E-state index contributed by atoms with van der Waals surface area (Å²) in [7, 11) is 0. The van der Waals surface area contributed by atoms with Crippen LogP contribution in [0.3, 0.4) is 0 Å². The number of nitrogens with one attached hydrogen (secondary N) is 1. The minimum atomic E-state index is -0.346. The third-order valence-corrected chi connectivity index (χ3v) is 5.38. The van der Waals surface area contributed by atoms with Gasteiger partial charge in [0.25, 0.3) is 5.91 Å². The van der Waals surface area contributed by atoms with Gasteiger partial charge in [0.05, 0.1) is 5.02 Å². The van der Waals surface area contributed by atoms with Gasteiger partial charge in [0.15, 0.2) is 0 Å². The van der Waals surface area contributed by atoms with E-state index in [-0.39, 0.29) is 11.8 Å². The maximum absolute atomic E-state index is 13.0. The maximum Gasteiger partial charge on any atom is 0.261 e. The molecule has 29 heavy (non-hydrogen) atoms. The zero-order valence-electron chi connectivity index (χ0n) is 16.2. The Morgan fingerprint density at radius 2 is 2.00 bits per heavy atom. The van der Waals surface area contributed by atoms with Crippen molar-refractivity contribution in [2.75, 3.05) is 16.8 Å². The Bertz CT molecular complexity index is 1110. The second-order valence-electron chi connectivity index (χ2n) is 7.05. The second-order valence-corrected chi connectivity index (χ2v) is 7.45. The number of aryl methyl sites for hydroxylation is 2. The molecular weight excluding hydrogens is 390 g/mol. The van der Waals surface area contributed by atoms with Crippen LogP contribution in [-0.4, -0.2) is 23.5 Å². The molecule has 2 heterocycles. The van der Waals surface area contributed by atoms with E-state index in [1.165, 1.54) is 0 Å². The molecule has 0 aliphatic carbocycles. The minimum Gasteiger partial charge on any atom is -0.360 e. The first-order valence-corrected chi connectivity index (χ1v) is 9.77. The van der Waals surface area contributed by atoms with Crippen LogP contribution >= 0.6 is 11.6 Å². The molecule has 148 valence electrons. The maximum atomic E-state index is 13.0. The van der Waals surface area contributed by atoms with Crippen LogP contribution in [0.5, 0.6) is 0 Å². The number of amides is 2. The number of halogens is 1. The topological polar surface area (TPSA) is 75.4 Å². The summed E-state index contributed by atoms with van der Waals surface area (Å²) in [5.74, 6) is 0.160. The predicted octanol–water partition coefficient (Wildman–Crippen LogP) is 4.99. The quantitative estimate of drug-likeness (QED) is 0.658. The molecule has 1 N–H and O–H groups in total. The number of rotatable bonds is 4. The zero-order chi connectivity index (χ0) is 20.5. The first-order chi connectivity index (χ1) is 14.0. The summed E-state index contributed by atoms with van der Waals surface area (Å²) in [6.07, 6.45) is 1.40. The van der Waals surface area contributed by atoms with E-state index in [0.717, 1.165) is 17.7 Å². The Labute approximate surface area is 173 Å². The number of hydrogen-bond acceptors (Lipinski definition) is 4. The molecule has 1 fully saturated rings. The van der Waals surface area contributed by atoms with Crippen LogP contribution in [0.25, 0.3) is 11.3 Å². The van der Waals surface area contributed by atoms with E-state index in [1.54, 1.807) is 24.0 Å². The van der Waals surface area contributed by atoms with Gasteiger partial charge in [0.1, 0.15) is 17.0 Å². The van der Waals surface area contributed by atoms with Crippen LogP contribution in [0, 0.1) is 13.8 Å². The molecule has 1 aliphatic rings. The molecule has 1 aromatic heterocycles. The van der Waals surface area contributed by atoms with Gasteiger partial charge in [-0.25, -0.2) is 0 Å². The molecule has 0 radical (unpaired) electrons. The van der Waals surface area contributed by atoms with Gasteiger partial charge in [-0.15, -0.1) is 0 Å². The molecule has 0 bridgehead atoms. The predicted molar refractivity (Wildman–Crippen MR) is 112 cm³/mol. The number of anilines is 2. The van der Waals surface area contributed by atoms with E-state index in [2.05, 4.69) is 10.5 Å². The molecule has 4 rings (SSSR count). The molecule has 6 nitrogen and oxygen atoms in total. The number of hydrogen-bond donors (Lipinski definition) is 1. The number of benzene rings is 2. The summed E-state index contributed by atoms with van der Waals surface area (Å²) < 4.78 is 5.28. The van der Waals surface area contributed by atoms with Crippen molar-refractivity contribution < 1.29 is 14.1 Å². The third-order valence-electron chi connectivity index (χ3n) is 5.05. The fraction of sp³-hybridized carbons (Fsp3) is 0.227. The largest absolute Gasteiger partial charge is 0.360 e. The highest BCUT2D eigenvalue weighted by Crippen LogP contribution is 2.32. The molecule has 0 atom stereocenters. The van der Waals surface area contributed by atoms with E-state index in [9.17, 15) is 9.59 Å². The second kappa shape index (κ2) is 7.72. The Balaban J connectivity index is 1.65. The molecule has 0 saturated carbocycles. The van der Waals surface area contributed by atoms with Crippen molar-refractivity contribution in [1.29, 1.82) is 0 Å². The molecule has 3 aromatic rings. The van der Waals surface area contributed by atoms with Gasteiger partial charge in [-0.05, 0) is 44.0 Å². The lowest BCUT2D eigenvalue weighted by Crippen LogP contribution is -2.24. The lowest BCUT2D eigenvalue weighted by atomic mass is 10.1. The lowest BCUT2D eigenvalue weighted by molar-refractivity contribution is -0.117. The summed E-state index contributed by atoms with van der Waals surface area (Å²) in [6.45, 7) is 4.33. The van der Waals surface area contributed by atoms with Gasteiger partial charge in [-0.1, -0.05) is 41.0 Å². The van der Waals surface area contributed by atoms with E-state index in [0.29, 0.717) is 46.3 Å². The van der Waals surface area contributed by atoms with Gasteiger partial charge in [-0.2, -0.15) is 0 Å². The van der Waals surface area contributed by atoms with Gasteiger partial charge in [0, 0.05) is 29.9 Å². The summed E-state index contributed by atoms with van der Waals surface area (Å²) >= 11 is 6.28. The van der Waals surface area contributed by atoms with Crippen molar-refractivity contribution in [2.45, 2.75) is 26.7 Å². The molecular formula is C22H20ClN3O3. The Morgan fingerprint density at radius 1 is 1.21 bits per heavy atom. The highest BCUT2D eigenvalue weighted by molar-refractivity contribution is 6.33. The monoisotopic (exact) mass is 409 g/mol. The first kappa shape index (κ1) is 19.2. The van der Waals surface area contributed by atoms with Crippen molar-refractivity contribution >= 4 is 34.8 Å². The number of carbonyl (C=O) groups is 2. The van der Waals surface area contributed by atoms with Crippen molar-refractivity contribution in [3.63, 3.8) is 0 Å². The van der Waals surface area contributed by atoms with Crippen LogP contribution in [0.15, 0.2) is 47.0 Å². The average molecular weight is 410 g/mol. The van der Waals surface area contributed by atoms with E-state index < -0.39 is 0 Å². The number of aromatic nitrogens is 1. The highest BCUT2D eigenvalue weighted by atomic mass is 35.5. The third kappa shape index (κ3) is 3.63. The average Bonchev–Trinajstić information content (AvgIpc) is 3.29. The molecule has 0 unspecified atom stereocenters. The van der Waals surface area contributed by atoms with Crippen LogP contribution in [0.1, 0.15) is 34.5 Å².